The lowest BCUT2D eigenvalue weighted by atomic mass is 9.84. The van der Waals surface area contributed by atoms with Crippen LogP contribution in [0.15, 0.2) is 24.3 Å². The van der Waals surface area contributed by atoms with Crippen molar-refractivity contribution in [3.8, 4) is 5.75 Å². The van der Waals surface area contributed by atoms with Gasteiger partial charge in [0.2, 0.25) is 5.91 Å². The molecule has 25 heavy (non-hydrogen) atoms. The van der Waals surface area contributed by atoms with Gasteiger partial charge in [0.25, 0.3) is 0 Å². The molecule has 1 saturated heterocycles. The Bertz CT molecular complexity index is 589. The first-order valence-corrected chi connectivity index (χ1v) is 8.99. The van der Waals surface area contributed by atoms with Crippen LogP contribution in [0.1, 0.15) is 32.1 Å². The van der Waals surface area contributed by atoms with Crippen molar-refractivity contribution in [1.82, 2.24) is 4.90 Å². The van der Waals surface area contributed by atoms with Crippen LogP contribution in [0, 0.1) is 11.7 Å². The van der Waals surface area contributed by atoms with Crippen molar-refractivity contribution in [2.45, 2.75) is 50.4 Å². The molecule has 0 unspecified atom stereocenters. The van der Waals surface area contributed by atoms with Gasteiger partial charge in [0, 0.05) is 39.0 Å². The van der Waals surface area contributed by atoms with Crippen molar-refractivity contribution in [2.75, 3.05) is 20.2 Å². The van der Waals surface area contributed by atoms with E-state index in [4.69, 9.17) is 9.47 Å². The number of rotatable bonds is 4. The Morgan fingerprint density at radius 1 is 1.20 bits per heavy atom. The van der Waals surface area contributed by atoms with E-state index in [0.29, 0.717) is 45.2 Å². The number of likely N-dealkylation sites (tertiary alicyclic amines) is 1. The van der Waals surface area contributed by atoms with Crippen molar-refractivity contribution < 1.29 is 23.8 Å². The largest absolute Gasteiger partial charge is 0.487 e. The van der Waals surface area contributed by atoms with Gasteiger partial charge in [0.15, 0.2) is 11.6 Å². The second kappa shape index (κ2) is 8.15. The van der Waals surface area contributed by atoms with E-state index >= 15 is 0 Å². The monoisotopic (exact) mass is 351 g/mol. The van der Waals surface area contributed by atoms with Crippen molar-refractivity contribution >= 4 is 5.91 Å². The minimum atomic E-state index is -0.478. The molecule has 3 atom stereocenters. The Morgan fingerprint density at radius 3 is 2.60 bits per heavy atom. The van der Waals surface area contributed by atoms with Crippen LogP contribution >= 0.6 is 0 Å². The van der Waals surface area contributed by atoms with Gasteiger partial charge >= 0.3 is 0 Å². The zero-order valence-electron chi connectivity index (χ0n) is 14.6. The number of nitrogens with zero attached hydrogens (tertiary/aromatic N) is 1. The molecule has 1 amide bonds. The van der Waals surface area contributed by atoms with E-state index in [0.717, 1.165) is 0 Å². The number of benzene rings is 1. The molecule has 5 nitrogen and oxygen atoms in total. The molecule has 1 aliphatic carbocycles. The lowest BCUT2D eigenvalue weighted by molar-refractivity contribution is -0.142. The predicted molar refractivity (Wildman–Crippen MR) is 90.8 cm³/mol. The van der Waals surface area contributed by atoms with Crippen LogP contribution in [0.25, 0.3) is 0 Å². The van der Waals surface area contributed by atoms with Crippen LogP contribution in [0.3, 0.4) is 0 Å². The molecule has 0 radical (unpaired) electrons. The van der Waals surface area contributed by atoms with Crippen LogP contribution in [0.2, 0.25) is 0 Å². The molecule has 1 aliphatic heterocycles. The summed E-state index contributed by atoms with van der Waals surface area (Å²) in [6.45, 7) is 1.24. The highest BCUT2D eigenvalue weighted by Crippen LogP contribution is 2.29. The molecule has 1 aromatic carbocycles. The van der Waals surface area contributed by atoms with Gasteiger partial charge in [0.1, 0.15) is 6.10 Å². The summed E-state index contributed by atoms with van der Waals surface area (Å²) in [5, 5.41) is 9.88. The third kappa shape index (κ3) is 4.30. The number of carbonyl (C=O) groups is 1. The Morgan fingerprint density at radius 2 is 1.92 bits per heavy atom. The number of methoxy groups -OCH3 is 1. The van der Waals surface area contributed by atoms with Crippen molar-refractivity contribution in [2.24, 2.45) is 5.92 Å². The van der Waals surface area contributed by atoms with Crippen molar-refractivity contribution in [3.05, 3.63) is 30.1 Å². The highest BCUT2D eigenvalue weighted by Gasteiger charge is 2.36. The summed E-state index contributed by atoms with van der Waals surface area (Å²) in [4.78, 5) is 14.6. The smallest absolute Gasteiger partial charge is 0.225 e. The quantitative estimate of drug-likeness (QED) is 0.905. The molecule has 0 spiro atoms. The normalized spacial score (nSPS) is 28.0. The molecule has 0 bridgehead atoms. The van der Waals surface area contributed by atoms with E-state index in [2.05, 4.69) is 0 Å². The Balaban J connectivity index is 1.50. The maximum absolute atomic E-state index is 13.7. The zero-order chi connectivity index (χ0) is 17.8. The molecule has 2 fully saturated rings. The van der Waals surface area contributed by atoms with Gasteiger partial charge in [-0.25, -0.2) is 4.39 Å². The summed E-state index contributed by atoms with van der Waals surface area (Å²) in [5.74, 6) is -0.0282. The molecule has 1 saturated carbocycles. The summed E-state index contributed by atoms with van der Waals surface area (Å²) >= 11 is 0. The first kappa shape index (κ1) is 18.1. The summed E-state index contributed by atoms with van der Waals surface area (Å²) < 4.78 is 24.7. The molecule has 0 aromatic heterocycles. The van der Waals surface area contributed by atoms with E-state index in [1.54, 1.807) is 25.3 Å². The lowest BCUT2D eigenvalue weighted by Gasteiger charge is -2.37. The average Bonchev–Trinajstić information content (AvgIpc) is 2.64. The first-order chi connectivity index (χ1) is 12.1. The summed E-state index contributed by atoms with van der Waals surface area (Å²) in [7, 11) is 1.58. The SMILES string of the molecule is CO[C@@H]1C[C@H](C(=O)N2CCC(Oc3ccccc3F)CC2)CC[C@@H]1O. The van der Waals surface area contributed by atoms with Crippen molar-refractivity contribution in [3.63, 3.8) is 0 Å². The fourth-order valence-electron chi connectivity index (χ4n) is 3.76. The first-order valence-electron chi connectivity index (χ1n) is 8.99. The summed E-state index contributed by atoms with van der Waals surface area (Å²) in [6.07, 6.45) is 2.46. The number of para-hydroxylation sites is 1. The molecule has 2 aliphatic rings. The van der Waals surface area contributed by atoms with E-state index in [-0.39, 0.29) is 35.6 Å². The van der Waals surface area contributed by atoms with Gasteiger partial charge < -0.3 is 19.5 Å². The van der Waals surface area contributed by atoms with Gasteiger partial charge in [-0.05, 0) is 31.4 Å². The Labute approximate surface area is 147 Å². The fourth-order valence-corrected chi connectivity index (χ4v) is 3.76. The van der Waals surface area contributed by atoms with Gasteiger partial charge in [0.05, 0.1) is 12.2 Å². The van der Waals surface area contributed by atoms with Gasteiger partial charge in [-0.2, -0.15) is 0 Å². The lowest BCUT2D eigenvalue weighted by Crippen LogP contribution is -2.47. The van der Waals surface area contributed by atoms with E-state index in [1.807, 2.05) is 4.90 Å². The van der Waals surface area contributed by atoms with Gasteiger partial charge in [-0.15, -0.1) is 0 Å². The number of aliphatic hydroxyl groups excluding tert-OH is 1. The van der Waals surface area contributed by atoms with E-state index in [9.17, 15) is 14.3 Å². The Kier molecular flexibility index (Phi) is 5.91. The fraction of sp³-hybridized carbons (Fsp3) is 0.632. The number of amides is 1. The molecular weight excluding hydrogens is 325 g/mol. The summed E-state index contributed by atoms with van der Waals surface area (Å²) in [5.41, 5.74) is 0. The molecule has 6 heteroatoms. The molecule has 138 valence electrons. The molecular formula is C19H26FNO4. The number of ether oxygens (including phenoxy) is 2. The van der Waals surface area contributed by atoms with E-state index < -0.39 is 6.10 Å². The van der Waals surface area contributed by atoms with Crippen LogP contribution in [-0.4, -0.2) is 54.4 Å². The molecule has 1 heterocycles. The number of carbonyl (C=O) groups excluding carboxylic acids is 1. The maximum Gasteiger partial charge on any atom is 0.225 e. The number of aliphatic hydroxyl groups is 1. The van der Waals surface area contributed by atoms with Crippen LogP contribution in [-0.2, 0) is 9.53 Å². The molecule has 1 N–H and O–H groups in total. The highest BCUT2D eigenvalue weighted by atomic mass is 19.1. The second-order valence-corrected chi connectivity index (χ2v) is 6.92. The number of halogens is 1. The van der Waals surface area contributed by atoms with Gasteiger partial charge in [-0.1, -0.05) is 12.1 Å². The Hall–Kier alpha value is -1.66. The maximum atomic E-state index is 13.7. The predicted octanol–water partition coefficient (Wildman–Crippen LogP) is 2.37. The molecule has 3 rings (SSSR count). The van der Waals surface area contributed by atoms with E-state index in [1.165, 1.54) is 6.07 Å². The van der Waals surface area contributed by atoms with Crippen LogP contribution in [0.4, 0.5) is 4.39 Å². The minimum absolute atomic E-state index is 0.0687. The number of piperidine rings is 1. The average molecular weight is 351 g/mol. The highest BCUT2D eigenvalue weighted by molar-refractivity contribution is 5.79. The standard InChI is InChI=1S/C19H26FNO4/c1-24-18-12-13(6-7-16(18)22)19(23)21-10-8-14(9-11-21)25-17-5-3-2-4-15(17)20/h2-5,13-14,16,18,22H,6-12H2,1H3/t13-,16+,18-/m1/s1. The zero-order valence-corrected chi connectivity index (χ0v) is 14.6. The molecule has 1 aromatic rings. The second-order valence-electron chi connectivity index (χ2n) is 6.92. The topological polar surface area (TPSA) is 59.0 Å². The third-order valence-corrected chi connectivity index (χ3v) is 5.29. The third-order valence-electron chi connectivity index (χ3n) is 5.29. The number of hydrogen-bond acceptors (Lipinski definition) is 4. The summed E-state index contributed by atoms with van der Waals surface area (Å²) in [6, 6.07) is 6.40. The van der Waals surface area contributed by atoms with Gasteiger partial charge in [-0.3, -0.25) is 4.79 Å². The van der Waals surface area contributed by atoms with Crippen LogP contribution < -0.4 is 4.74 Å². The minimum Gasteiger partial charge on any atom is -0.487 e. The van der Waals surface area contributed by atoms with Crippen molar-refractivity contribution in [1.29, 1.82) is 0 Å². The van der Waals surface area contributed by atoms with Crippen LogP contribution in [0.5, 0.6) is 5.75 Å². The number of hydrogen-bond donors (Lipinski definition) is 1.